The molecule has 88 valence electrons. The lowest BCUT2D eigenvalue weighted by Crippen LogP contribution is -1.73. The van der Waals surface area contributed by atoms with Crippen LogP contribution >= 0.6 is 0 Å². The fourth-order valence-electron chi connectivity index (χ4n) is 0.400. The molecule has 2 heterocycles. The fourth-order valence-corrected chi connectivity index (χ4v) is 0.400. The molecule has 0 aliphatic carbocycles. The van der Waals surface area contributed by atoms with Gasteiger partial charge < -0.3 is 9.47 Å². The van der Waals surface area contributed by atoms with Gasteiger partial charge in [0, 0.05) is 0 Å². The van der Waals surface area contributed by atoms with Crippen molar-refractivity contribution in [2.24, 2.45) is 0 Å². The molecule has 2 rings (SSSR count). The molecule has 2 unspecified atom stereocenters. The Balaban J connectivity index is 0. The van der Waals surface area contributed by atoms with Gasteiger partial charge in [0.05, 0.1) is 25.4 Å². The Morgan fingerprint density at radius 3 is 1.29 bits per heavy atom. The third-order valence-corrected chi connectivity index (χ3v) is 1.36. The molecule has 0 aromatic carbocycles. The zero-order valence-electron chi connectivity index (χ0n) is 10.8. The van der Waals surface area contributed by atoms with Gasteiger partial charge in [-0.05, 0) is 13.3 Å². The van der Waals surface area contributed by atoms with Gasteiger partial charge in [-0.2, -0.15) is 0 Å². The summed E-state index contributed by atoms with van der Waals surface area (Å²) in [6, 6.07) is 0. The molecular weight excluding hydrogens is 176 g/mol. The van der Waals surface area contributed by atoms with E-state index in [9.17, 15) is 0 Å². The van der Waals surface area contributed by atoms with Crippen molar-refractivity contribution in [2.75, 3.05) is 13.2 Å². The largest absolute Gasteiger partial charge is 0.373 e. The Kier molecular flexibility index (Phi) is 15.1. The minimum atomic E-state index is 0.583. The summed E-state index contributed by atoms with van der Waals surface area (Å²) < 4.78 is 9.57. The van der Waals surface area contributed by atoms with E-state index in [0.717, 1.165) is 13.2 Å². The Morgan fingerprint density at radius 1 is 1.00 bits per heavy atom. The normalized spacial score (nSPS) is 25.3. The molecule has 0 aromatic rings. The molecule has 14 heavy (non-hydrogen) atoms. The van der Waals surface area contributed by atoms with Gasteiger partial charge in [-0.1, -0.05) is 41.0 Å². The number of hydrogen-bond acceptors (Lipinski definition) is 2. The van der Waals surface area contributed by atoms with Crippen molar-refractivity contribution in [1.82, 2.24) is 0 Å². The maximum atomic E-state index is 4.86. The van der Waals surface area contributed by atoms with Crippen molar-refractivity contribution >= 4 is 0 Å². The quantitative estimate of drug-likeness (QED) is 0.609. The van der Waals surface area contributed by atoms with Crippen LogP contribution in [0, 0.1) is 0 Å². The van der Waals surface area contributed by atoms with E-state index >= 15 is 0 Å². The predicted molar refractivity (Wildman–Crippen MR) is 62.8 cm³/mol. The summed E-state index contributed by atoms with van der Waals surface area (Å²) in [6.07, 6.45) is 3.66. The van der Waals surface area contributed by atoms with Crippen LogP contribution in [0.1, 0.15) is 54.4 Å². The van der Waals surface area contributed by atoms with E-state index in [4.69, 9.17) is 9.47 Å². The average molecular weight is 204 g/mol. The molecule has 2 aliphatic heterocycles. The van der Waals surface area contributed by atoms with Crippen molar-refractivity contribution in [3.05, 3.63) is 0 Å². The summed E-state index contributed by atoms with van der Waals surface area (Å²) in [5.41, 5.74) is 0. The first-order chi connectivity index (χ1) is 6.74. The fraction of sp³-hybridized carbons (Fsp3) is 1.00. The van der Waals surface area contributed by atoms with E-state index in [1.807, 2.05) is 13.8 Å². The van der Waals surface area contributed by atoms with Crippen LogP contribution in [0.5, 0.6) is 0 Å². The van der Waals surface area contributed by atoms with Crippen LogP contribution in [0.15, 0.2) is 0 Å². The lowest BCUT2D eigenvalue weighted by Gasteiger charge is -1.69. The van der Waals surface area contributed by atoms with Crippen LogP contribution in [0.2, 0.25) is 0 Å². The summed E-state index contributed by atoms with van der Waals surface area (Å²) in [5.74, 6) is 0. The molecule has 2 nitrogen and oxygen atoms in total. The van der Waals surface area contributed by atoms with Crippen LogP contribution in [-0.4, -0.2) is 25.4 Å². The van der Waals surface area contributed by atoms with Crippen LogP contribution in [0.25, 0.3) is 0 Å². The van der Waals surface area contributed by atoms with Crippen LogP contribution in [0.3, 0.4) is 0 Å². The predicted octanol–water partition coefficient (Wildman–Crippen LogP) is 3.64. The maximum absolute atomic E-state index is 4.86. The van der Waals surface area contributed by atoms with Crippen LogP contribution in [-0.2, 0) is 9.47 Å². The smallest absolute Gasteiger partial charge is 0.0807 e. The standard InChI is InChI=1S/C4H8O.C3H6O.C3H8.C2H6/c1-2-4-3-5-4;1-3-2-4-3;1-3-2;1-2/h4H,2-3H2,1H3;3H,2H2,1H3;3H2,1-2H3;1-2H3. The monoisotopic (exact) mass is 204 g/mol. The van der Waals surface area contributed by atoms with Gasteiger partial charge in [0.2, 0.25) is 0 Å². The second kappa shape index (κ2) is 12.9. The van der Waals surface area contributed by atoms with E-state index in [2.05, 4.69) is 27.7 Å². The minimum Gasteiger partial charge on any atom is -0.373 e. The lowest BCUT2D eigenvalue weighted by atomic mass is 10.4. The summed E-state index contributed by atoms with van der Waals surface area (Å²) in [5, 5.41) is 0. The molecule has 0 radical (unpaired) electrons. The summed E-state index contributed by atoms with van der Waals surface area (Å²) in [4.78, 5) is 0. The van der Waals surface area contributed by atoms with Gasteiger partial charge >= 0.3 is 0 Å². The van der Waals surface area contributed by atoms with Gasteiger partial charge in [-0.3, -0.25) is 0 Å². The first-order valence-corrected chi connectivity index (χ1v) is 5.97. The number of epoxide rings is 2. The molecule has 0 bridgehead atoms. The summed E-state index contributed by atoms with van der Waals surface area (Å²) >= 11 is 0. The van der Waals surface area contributed by atoms with Crippen molar-refractivity contribution in [1.29, 1.82) is 0 Å². The molecule has 0 spiro atoms. The zero-order chi connectivity index (χ0) is 11.4. The van der Waals surface area contributed by atoms with Gasteiger partial charge in [-0.25, -0.2) is 0 Å². The van der Waals surface area contributed by atoms with E-state index in [1.54, 1.807) is 0 Å². The third-order valence-electron chi connectivity index (χ3n) is 1.36. The van der Waals surface area contributed by atoms with Crippen molar-refractivity contribution in [3.63, 3.8) is 0 Å². The summed E-state index contributed by atoms with van der Waals surface area (Å²) in [7, 11) is 0. The van der Waals surface area contributed by atoms with E-state index in [0.29, 0.717) is 12.2 Å². The molecule has 2 fully saturated rings. The first kappa shape index (κ1) is 16.4. The molecule has 0 saturated carbocycles. The highest BCUT2D eigenvalue weighted by Gasteiger charge is 2.18. The van der Waals surface area contributed by atoms with Crippen LogP contribution in [0.4, 0.5) is 0 Å². The van der Waals surface area contributed by atoms with Gasteiger partial charge in [0.1, 0.15) is 0 Å². The highest BCUT2D eigenvalue weighted by Crippen LogP contribution is 2.10. The Bertz CT molecular complexity index is 86.3. The van der Waals surface area contributed by atoms with Gasteiger partial charge in [0.25, 0.3) is 0 Å². The molecule has 0 aromatic heterocycles. The Labute approximate surface area is 90.0 Å². The zero-order valence-corrected chi connectivity index (χ0v) is 10.8. The van der Waals surface area contributed by atoms with E-state index < -0.39 is 0 Å². The molecule has 2 atom stereocenters. The number of hydrogen-bond donors (Lipinski definition) is 0. The van der Waals surface area contributed by atoms with Crippen LogP contribution < -0.4 is 0 Å². The average Bonchev–Trinajstić information content (AvgIpc) is 3.04. The first-order valence-electron chi connectivity index (χ1n) is 5.97. The highest BCUT2D eigenvalue weighted by molar-refractivity contribution is 4.64. The molecular formula is C12H28O2. The Morgan fingerprint density at radius 2 is 1.29 bits per heavy atom. The molecule has 0 N–H and O–H groups in total. The van der Waals surface area contributed by atoms with E-state index in [1.165, 1.54) is 12.8 Å². The number of ether oxygens (including phenoxy) is 2. The third kappa shape index (κ3) is 22.7. The molecule has 2 heteroatoms. The minimum absolute atomic E-state index is 0.583. The lowest BCUT2D eigenvalue weighted by molar-refractivity contribution is 0.403. The maximum Gasteiger partial charge on any atom is 0.0807 e. The molecule has 2 aliphatic rings. The number of rotatable bonds is 1. The topological polar surface area (TPSA) is 25.1 Å². The second-order valence-electron chi connectivity index (χ2n) is 3.21. The van der Waals surface area contributed by atoms with Crippen molar-refractivity contribution in [2.45, 2.75) is 66.6 Å². The summed E-state index contributed by atoms with van der Waals surface area (Å²) in [6.45, 7) is 14.4. The van der Waals surface area contributed by atoms with Crippen molar-refractivity contribution < 1.29 is 9.47 Å². The molecule has 0 amide bonds. The molecule has 2 saturated heterocycles. The van der Waals surface area contributed by atoms with Gasteiger partial charge in [0.15, 0.2) is 0 Å². The highest BCUT2D eigenvalue weighted by atomic mass is 16.6. The SMILES string of the molecule is CC.CC1CO1.CCC.CCC1CO1. The Hall–Kier alpha value is -0.0800. The van der Waals surface area contributed by atoms with E-state index in [-0.39, 0.29) is 0 Å². The van der Waals surface area contributed by atoms with Crippen molar-refractivity contribution in [3.8, 4) is 0 Å². The van der Waals surface area contributed by atoms with Gasteiger partial charge in [-0.15, -0.1) is 0 Å². The second-order valence-corrected chi connectivity index (χ2v) is 3.21.